The zero-order valence-corrected chi connectivity index (χ0v) is 8.25. The van der Waals surface area contributed by atoms with Crippen molar-refractivity contribution in [1.82, 2.24) is 0 Å². The van der Waals surface area contributed by atoms with E-state index in [0.717, 1.165) is 0 Å². The van der Waals surface area contributed by atoms with Crippen LogP contribution >= 0.6 is 0 Å². The molecule has 0 radical (unpaired) electrons. The number of carboxylic acid groups (broad SMARTS) is 2. The molecule has 0 fully saturated rings. The zero-order chi connectivity index (χ0) is 12.8. The number of carboxylic acids is 2. The van der Waals surface area contributed by atoms with Crippen LogP contribution in [-0.4, -0.2) is 86.7 Å². The maximum atomic E-state index is 11.0. The first-order chi connectivity index (χ1) is 7.31. The van der Waals surface area contributed by atoms with Crippen molar-refractivity contribution in [1.29, 1.82) is 0 Å². The molecule has 0 aromatic heterocycles. The van der Waals surface area contributed by atoms with E-state index in [1.807, 2.05) is 0 Å². The summed E-state index contributed by atoms with van der Waals surface area (Å²) in [7, 11) is 0. The number of hydrogen-bond donors (Lipinski definition) is 4. The third kappa shape index (κ3) is 7.29. The molecule has 0 saturated carbocycles. The van der Waals surface area contributed by atoms with Gasteiger partial charge in [-0.15, -0.1) is 0 Å². The van der Waals surface area contributed by atoms with Crippen LogP contribution in [-0.2, 0) is 19.1 Å². The van der Waals surface area contributed by atoms with Gasteiger partial charge in [-0.25, -0.2) is 4.79 Å². The van der Waals surface area contributed by atoms with Gasteiger partial charge in [-0.2, -0.15) is 0 Å². The molecule has 0 rings (SSSR count). The van der Waals surface area contributed by atoms with Crippen molar-refractivity contribution in [2.24, 2.45) is 0 Å². The number of rotatable bonds is 7. The van der Waals surface area contributed by atoms with E-state index in [9.17, 15) is 19.5 Å². The molecule has 9 heteroatoms. The number of hydrogen-bond acceptors (Lipinski definition) is 6. The Morgan fingerprint density at radius 2 is 1.65 bits per heavy atom. The normalized spacial score (nSPS) is 13.1. The van der Waals surface area contributed by atoms with E-state index >= 15 is 0 Å². The standard InChI is InChI=1S/C8H12O8.Na.H/c9-1-2-16-6(12)4-8(15,7(13)14)3-5(10)11;;/h9,15H,1-4H2,(H,10,11)(H,13,14);;. The summed E-state index contributed by atoms with van der Waals surface area (Å²) in [5.41, 5.74) is -2.70. The Morgan fingerprint density at radius 3 is 2.00 bits per heavy atom. The van der Waals surface area contributed by atoms with Crippen LogP contribution in [0.2, 0.25) is 0 Å². The number of aliphatic hydroxyl groups excluding tert-OH is 1. The average Bonchev–Trinajstić information content (AvgIpc) is 2.12. The maximum absolute atomic E-state index is 11.0. The van der Waals surface area contributed by atoms with Gasteiger partial charge in [0.05, 0.1) is 19.4 Å². The molecular weight excluding hydrogens is 247 g/mol. The van der Waals surface area contributed by atoms with Crippen molar-refractivity contribution in [3.05, 3.63) is 0 Å². The summed E-state index contributed by atoms with van der Waals surface area (Å²) in [6.45, 7) is -0.794. The Kier molecular flexibility index (Phi) is 9.26. The van der Waals surface area contributed by atoms with E-state index in [2.05, 4.69) is 4.74 Å². The molecule has 0 spiro atoms. The first kappa shape index (κ1) is 18.7. The number of carbonyl (C=O) groups excluding carboxylic acids is 1. The van der Waals surface area contributed by atoms with Crippen molar-refractivity contribution >= 4 is 47.5 Å². The van der Waals surface area contributed by atoms with Crippen LogP contribution in [0.1, 0.15) is 12.8 Å². The van der Waals surface area contributed by atoms with Gasteiger partial charge in [-0.1, -0.05) is 0 Å². The van der Waals surface area contributed by atoms with E-state index in [4.69, 9.17) is 15.3 Å². The Hall–Kier alpha value is -0.670. The van der Waals surface area contributed by atoms with Crippen LogP contribution in [0.4, 0.5) is 0 Å². The summed E-state index contributed by atoms with van der Waals surface area (Å²) in [5.74, 6) is -4.48. The summed E-state index contributed by atoms with van der Waals surface area (Å²) in [6, 6.07) is 0. The number of aliphatic hydroxyl groups is 2. The van der Waals surface area contributed by atoms with Crippen LogP contribution < -0.4 is 0 Å². The summed E-state index contributed by atoms with van der Waals surface area (Å²) in [6.07, 6.45) is -2.11. The first-order valence-corrected chi connectivity index (χ1v) is 4.26. The van der Waals surface area contributed by atoms with Gasteiger partial charge in [0.2, 0.25) is 0 Å². The van der Waals surface area contributed by atoms with Crippen molar-refractivity contribution in [2.75, 3.05) is 13.2 Å². The average molecular weight is 260 g/mol. The molecule has 0 aromatic carbocycles. The second-order valence-electron chi connectivity index (χ2n) is 3.03. The van der Waals surface area contributed by atoms with Gasteiger partial charge in [0.25, 0.3) is 0 Å². The second kappa shape index (κ2) is 8.43. The van der Waals surface area contributed by atoms with E-state index in [-0.39, 0.29) is 36.2 Å². The summed E-state index contributed by atoms with van der Waals surface area (Å²) < 4.78 is 4.31. The van der Waals surface area contributed by atoms with Crippen LogP contribution in [0.25, 0.3) is 0 Å². The minimum atomic E-state index is -2.70. The summed E-state index contributed by atoms with van der Waals surface area (Å²) in [5, 5.41) is 34.7. The van der Waals surface area contributed by atoms with Crippen molar-refractivity contribution in [3.63, 3.8) is 0 Å². The predicted octanol–water partition coefficient (Wildman–Crippen LogP) is -2.45. The van der Waals surface area contributed by atoms with Gasteiger partial charge >= 0.3 is 47.5 Å². The van der Waals surface area contributed by atoms with Crippen LogP contribution in [0.3, 0.4) is 0 Å². The molecule has 17 heavy (non-hydrogen) atoms. The molecule has 0 aliphatic rings. The van der Waals surface area contributed by atoms with Gasteiger partial charge in [-0.05, 0) is 0 Å². The van der Waals surface area contributed by atoms with Crippen LogP contribution in [0, 0.1) is 0 Å². The molecular formula is C8H13NaO8. The molecule has 0 amide bonds. The fraction of sp³-hybridized carbons (Fsp3) is 0.625. The Labute approximate surface area is 118 Å². The van der Waals surface area contributed by atoms with Gasteiger partial charge in [0, 0.05) is 0 Å². The molecule has 0 saturated heterocycles. The summed E-state index contributed by atoms with van der Waals surface area (Å²) in [4.78, 5) is 31.8. The fourth-order valence-electron chi connectivity index (χ4n) is 0.913. The van der Waals surface area contributed by atoms with E-state index < -0.39 is 43.0 Å². The molecule has 0 bridgehead atoms. The van der Waals surface area contributed by atoms with Crippen LogP contribution in [0.5, 0.6) is 0 Å². The third-order valence-corrected chi connectivity index (χ3v) is 1.63. The number of ether oxygens (including phenoxy) is 1. The first-order valence-electron chi connectivity index (χ1n) is 4.26. The number of aliphatic carboxylic acids is 2. The molecule has 8 nitrogen and oxygen atoms in total. The Bertz CT molecular complexity index is 291. The Balaban J connectivity index is 0. The zero-order valence-electron chi connectivity index (χ0n) is 8.25. The molecule has 0 aliphatic carbocycles. The topological polar surface area (TPSA) is 141 Å². The quantitative estimate of drug-likeness (QED) is 0.292. The van der Waals surface area contributed by atoms with Crippen molar-refractivity contribution in [2.45, 2.75) is 18.4 Å². The number of carbonyl (C=O) groups is 3. The second-order valence-corrected chi connectivity index (χ2v) is 3.03. The molecule has 1 unspecified atom stereocenters. The van der Waals surface area contributed by atoms with E-state index in [1.165, 1.54) is 0 Å². The molecule has 4 N–H and O–H groups in total. The molecule has 94 valence electrons. The fourth-order valence-corrected chi connectivity index (χ4v) is 0.913. The van der Waals surface area contributed by atoms with Gasteiger partial charge < -0.3 is 25.2 Å². The summed E-state index contributed by atoms with van der Waals surface area (Å²) >= 11 is 0. The van der Waals surface area contributed by atoms with Crippen molar-refractivity contribution in [3.8, 4) is 0 Å². The van der Waals surface area contributed by atoms with Gasteiger partial charge in [-0.3, -0.25) is 9.59 Å². The van der Waals surface area contributed by atoms with Gasteiger partial charge in [0.15, 0.2) is 5.60 Å². The van der Waals surface area contributed by atoms with E-state index in [0.29, 0.717) is 0 Å². The molecule has 0 aromatic rings. The van der Waals surface area contributed by atoms with E-state index in [1.54, 1.807) is 0 Å². The third-order valence-electron chi connectivity index (χ3n) is 1.63. The van der Waals surface area contributed by atoms with Crippen LogP contribution in [0.15, 0.2) is 0 Å². The molecule has 0 aliphatic heterocycles. The minimum absolute atomic E-state index is 0. The molecule has 1 atom stereocenters. The monoisotopic (exact) mass is 260 g/mol. The number of esters is 1. The van der Waals surface area contributed by atoms with Crippen molar-refractivity contribution < 1.29 is 39.5 Å². The molecule has 0 heterocycles. The predicted molar refractivity (Wildman–Crippen MR) is 54.6 cm³/mol. The SMILES string of the molecule is O=C(O)CC(O)(CC(=O)OCCO)C(=O)O.[NaH]. The Morgan fingerprint density at radius 1 is 1.12 bits per heavy atom. The van der Waals surface area contributed by atoms with Gasteiger partial charge in [0.1, 0.15) is 6.61 Å².